The summed E-state index contributed by atoms with van der Waals surface area (Å²) >= 11 is 0. The second kappa shape index (κ2) is 8.27. The molecule has 2 heteroatoms. The molecule has 1 aliphatic rings. The lowest BCUT2D eigenvalue weighted by atomic mass is 10.3. The van der Waals surface area contributed by atoms with Crippen molar-refractivity contribution in [1.82, 2.24) is 0 Å². The van der Waals surface area contributed by atoms with Gasteiger partial charge in [-0.3, -0.25) is 0 Å². The van der Waals surface area contributed by atoms with Gasteiger partial charge in [-0.05, 0) is 54.7 Å². The molecule has 0 aromatic heterocycles. The minimum Gasteiger partial charge on any atom is -0.0718 e. The van der Waals surface area contributed by atoms with Gasteiger partial charge in [0.1, 0.15) is 0 Å². The standard InChI is InChI=1S/C23H24P2/c1-4-11-20(12-5-1)24-18-10-17-23(24)19-25(21-13-6-2-7-14-21)22-15-8-3-9-16-22/h1-9,11-16,23H,10,17-19H2/t23-,24?/m0/s1. The van der Waals surface area contributed by atoms with Crippen LogP contribution in [0.3, 0.4) is 0 Å². The van der Waals surface area contributed by atoms with E-state index in [4.69, 9.17) is 0 Å². The van der Waals surface area contributed by atoms with Gasteiger partial charge in [-0.25, -0.2) is 0 Å². The van der Waals surface area contributed by atoms with Crippen LogP contribution in [-0.4, -0.2) is 18.0 Å². The van der Waals surface area contributed by atoms with Gasteiger partial charge in [0, 0.05) is 0 Å². The highest BCUT2D eigenvalue weighted by molar-refractivity contribution is 7.74. The summed E-state index contributed by atoms with van der Waals surface area (Å²) in [6.07, 6.45) is 5.55. The Kier molecular flexibility index (Phi) is 5.61. The van der Waals surface area contributed by atoms with Crippen LogP contribution in [0.15, 0.2) is 91.0 Å². The number of benzene rings is 3. The van der Waals surface area contributed by atoms with E-state index in [1.54, 1.807) is 5.30 Å². The van der Waals surface area contributed by atoms with Gasteiger partial charge in [-0.2, -0.15) is 0 Å². The first-order valence-electron chi connectivity index (χ1n) is 9.11. The number of rotatable bonds is 5. The first-order chi connectivity index (χ1) is 12.4. The SMILES string of the molecule is c1ccc(P(C[C@@H]2CCCP2c2ccccc2)c2ccccc2)cc1. The summed E-state index contributed by atoms with van der Waals surface area (Å²) in [7, 11) is -0.263. The average molecular weight is 362 g/mol. The molecule has 0 aliphatic carbocycles. The summed E-state index contributed by atoms with van der Waals surface area (Å²) in [5, 5.41) is 4.66. The van der Waals surface area contributed by atoms with Crippen molar-refractivity contribution in [1.29, 1.82) is 0 Å². The number of hydrogen-bond acceptors (Lipinski definition) is 0. The van der Waals surface area contributed by atoms with E-state index in [2.05, 4.69) is 91.0 Å². The Balaban J connectivity index is 1.62. The molecule has 3 aromatic rings. The van der Waals surface area contributed by atoms with Crippen LogP contribution >= 0.6 is 15.8 Å². The van der Waals surface area contributed by atoms with E-state index in [-0.39, 0.29) is 15.8 Å². The first-order valence-corrected chi connectivity index (χ1v) is 12.2. The Bertz CT molecular complexity index is 731. The molecule has 0 bridgehead atoms. The highest BCUT2D eigenvalue weighted by atomic mass is 31.1. The fourth-order valence-electron chi connectivity index (χ4n) is 3.77. The van der Waals surface area contributed by atoms with E-state index in [1.165, 1.54) is 35.8 Å². The summed E-state index contributed by atoms with van der Waals surface area (Å²) in [4.78, 5) is 0. The second-order valence-corrected chi connectivity index (χ2v) is 11.5. The molecule has 0 saturated carbocycles. The van der Waals surface area contributed by atoms with Gasteiger partial charge in [-0.1, -0.05) is 98.9 Å². The van der Waals surface area contributed by atoms with Crippen LogP contribution < -0.4 is 15.9 Å². The van der Waals surface area contributed by atoms with Gasteiger partial charge in [-0.15, -0.1) is 0 Å². The fraction of sp³-hybridized carbons (Fsp3) is 0.217. The predicted molar refractivity (Wildman–Crippen MR) is 115 cm³/mol. The zero-order valence-corrected chi connectivity index (χ0v) is 16.2. The lowest BCUT2D eigenvalue weighted by Crippen LogP contribution is -2.21. The van der Waals surface area contributed by atoms with Crippen molar-refractivity contribution in [3.8, 4) is 0 Å². The zero-order valence-electron chi connectivity index (χ0n) is 14.5. The molecule has 1 heterocycles. The minimum absolute atomic E-state index is 0.000694. The molecule has 0 nitrogen and oxygen atoms in total. The maximum atomic E-state index is 2.36. The summed E-state index contributed by atoms with van der Waals surface area (Å²) in [6, 6.07) is 33.7. The van der Waals surface area contributed by atoms with Gasteiger partial charge in [0.25, 0.3) is 0 Å². The normalized spacial score (nSPS) is 20.0. The highest BCUT2D eigenvalue weighted by Crippen LogP contribution is 2.53. The van der Waals surface area contributed by atoms with Crippen molar-refractivity contribution in [2.45, 2.75) is 18.5 Å². The molecule has 0 amide bonds. The smallest absolute Gasteiger partial charge is 0.0123 e. The predicted octanol–water partition coefficient (Wildman–Crippen LogP) is 5.09. The van der Waals surface area contributed by atoms with Gasteiger partial charge >= 0.3 is 0 Å². The van der Waals surface area contributed by atoms with Crippen LogP contribution in [0.1, 0.15) is 12.8 Å². The summed E-state index contributed by atoms with van der Waals surface area (Å²) in [6.45, 7) is 0. The van der Waals surface area contributed by atoms with Crippen LogP contribution in [0.4, 0.5) is 0 Å². The minimum atomic E-state index is -0.263. The first kappa shape index (κ1) is 17.0. The molecule has 0 spiro atoms. The lowest BCUT2D eigenvalue weighted by molar-refractivity contribution is 0.841. The van der Waals surface area contributed by atoms with Crippen molar-refractivity contribution >= 4 is 31.8 Å². The quantitative estimate of drug-likeness (QED) is 0.555. The molecule has 1 saturated heterocycles. The van der Waals surface area contributed by atoms with Crippen LogP contribution in [0.25, 0.3) is 0 Å². The van der Waals surface area contributed by atoms with Crippen molar-refractivity contribution in [2.24, 2.45) is 0 Å². The van der Waals surface area contributed by atoms with Crippen molar-refractivity contribution < 1.29 is 0 Å². The highest BCUT2D eigenvalue weighted by Gasteiger charge is 2.31. The third kappa shape index (κ3) is 4.03. The molecule has 1 unspecified atom stereocenters. The van der Waals surface area contributed by atoms with Crippen LogP contribution in [-0.2, 0) is 0 Å². The average Bonchev–Trinajstić information content (AvgIpc) is 3.16. The van der Waals surface area contributed by atoms with Crippen LogP contribution in [0.5, 0.6) is 0 Å². The van der Waals surface area contributed by atoms with Crippen molar-refractivity contribution in [3.05, 3.63) is 91.0 Å². The Morgan fingerprint density at radius 2 is 1.24 bits per heavy atom. The Morgan fingerprint density at radius 3 is 1.80 bits per heavy atom. The van der Waals surface area contributed by atoms with E-state index < -0.39 is 0 Å². The molecule has 0 radical (unpaired) electrons. The van der Waals surface area contributed by atoms with Gasteiger partial charge in [0.05, 0.1) is 0 Å². The Morgan fingerprint density at radius 1 is 0.720 bits per heavy atom. The van der Waals surface area contributed by atoms with Gasteiger partial charge in [0.2, 0.25) is 0 Å². The maximum absolute atomic E-state index is 2.36. The molecule has 1 fully saturated rings. The van der Waals surface area contributed by atoms with E-state index in [0.29, 0.717) is 0 Å². The van der Waals surface area contributed by atoms with E-state index in [1.807, 2.05) is 0 Å². The molecule has 0 N–H and O–H groups in total. The van der Waals surface area contributed by atoms with Crippen LogP contribution in [0.2, 0.25) is 0 Å². The Labute approximate surface area is 153 Å². The summed E-state index contributed by atoms with van der Waals surface area (Å²) in [5.41, 5.74) is 0.865. The summed E-state index contributed by atoms with van der Waals surface area (Å²) < 4.78 is 0. The van der Waals surface area contributed by atoms with Gasteiger partial charge in [0.15, 0.2) is 0 Å². The second-order valence-electron chi connectivity index (χ2n) is 6.61. The third-order valence-electron chi connectivity index (χ3n) is 4.99. The summed E-state index contributed by atoms with van der Waals surface area (Å²) in [5.74, 6) is 0. The molecular weight excluding hydrogens is 338 g/mol. The fourth-order valence-corrected chi connectivity index (χ4v) is 10.1. The number of hydrogen-bond donors (Lipinski definition) is 0. The largest absolute Gasteiger partial charge is 0.0718 e. The lowest BCUT2D eigenvalue weighted by Gasteiger charge is -2.27. The zero-order chi connectivity index (χ0) is 16.9. The molecule has 4 rings (SSSR count). The van der Waals surface area contributed by atoms with Crippen LogP contribution in [0, 0.1) is 0 Å². The molecule has 3 aromatic carbocycles. The van der Waals surface area contributed by atoms with Crippen molar-refractivity contribution in [2.75, 3.05) is 12.3 Å². The molecular formula is C23H24P2. The topological polar surface area (TPSA) is 0 Å². The van der Waals surface area contributed by atoms with Crippen molar-refractivity contribution in [3.63, 3.8) is 0 Å². The monoisotopic (exact) mass is 362 g/mol. The molecule has 25 heavy (non-hydrogen) atoms. The Hall–Kier alpha value is -1.48. The molecule has 126 valence electrons. The van der Waals surface area contributed by atoms with E-state index in [0.717, 1.165) is 5.66 Å². The molecule has 1 aliphatic heterocycles. The third-order valence-corrected chi connectivity index (χ3v) is 11.0. The molecule has 2 atom stereocenters. The maximum Gasteiger partial charge on any atom is -0.0123 e. The van der Waals surface area contributed by atoms with E-state index in [9.17, 15) is 0 Å². The van der Waals surface area contributed by atoms with E-state index >= 15 is 0 Å². The van der Waals surface area contributed by atoms with Gasteiger partial charge < -0.3 is 0 Å².